The first-order valence-electron chi connectivity index (χ1n) is 2.02. The van der Waals surface area contributed by atoms with Gasteiger partial charge in [-0.1, -0.05) is 11.9 Å². The van der Waals surface area contributed by atoms with Crippen molar-refractivity contribution in [2.24, 2.45) is 5.73 Å². The first kappa shape index (κ1) is 4.43. The number of nitrogens with two attached hydrogens (primary N) is 1. The summed E-state index contributed by atoms with van der Waals surface area (Å²) in [5.74, 6) is 1.17. The summed E-state index contributed by atoms with van der Waals surface area (Å²) >= 11 is 1.71. The van der Waals surface area contributed by atoms with Gasteiger partial charge in [-0.3, -0.25) is 0 Å². The number of nitrogens with one attached hydrogen (secondary N) is 1. The number of hydrogen-bond donors (Lipinski definition) is 2. The Hall–Kier alpha value is 0.270. The third-order valence-electron chi connectivity index (χ3n) is 0.766. The van der Waals surface area contributed by atoms with Crippen molar-refractivity contribution < 1.29 is 0 Å². The largest absolute Gasteiger partial charge is 0.315 e. The Kier molecular flexibility index (Phi) is 1.34. The average Bonchev–Trinajstić information content (AvgIpc) is 1.86. The van der Waals surface area contributed by atoms with E-state index in [0.717, 1.165) is 6.42 Å². The van der Waals surface area contributed by atoms with Gasteiger partial charge in [-0.2, -0.15) is 0 Å². The molecule has 36 valence electrons. The maximum absolute atomic E-state index is 5.40. The second kappa shape index (κ2) is 1.82. The lowest BCUT2D eigenvalue weighted by atomic mass is 10.4. The van der Waals surface area contributed by atoms with Crippen LogP contribution in [0, 0.1) is 0 Å². The molecule has 0 amide bonds. The van der Waals surface area contributed by atoms with Crippen molar-refractivity contribution >= 4 is 11.9 Å². The molecule has 0 aromatic heterocycles. The zero-order valence-electron chi connectivity index (χ0n) is 3.48. The summed E-state index contributed by atoms with van der Waals surface area (Å²) in [6.07, 6.45) is 1.37. The Morgan fingerprint density at radius 1 is 1.83 bits per heavy atom. The molecule has 0 saturated carbocycles. The summed E-state index contributed by atoms with van der Waals surface area (Å²) in [4.78, 5) is 0. The van der Waals surface area contributed by atoms with E-state index in [9.17, 15) is 0 Å². The zero-order valence-corrected chi connectivity index (χ0v) is 4.29. The van der Waals surface area contributed by atoms with Crippen LogP contribution in [0.15, 0.2) is 0 Å². The average molecular weight is 104 g/mol. The lowest BCUT2D eigenvalue weighted by Gasteiger charge is -1.94. The third-order valence-corrected chi connectivity index (χ3v) is 1.67. The molecular formula is C3H8N2S. The zero-order chi connectivity index (χ0) is 4.41. The molecule has 3 heteroatoms. The van der Waals surface area contributed by atoms with Gasteiger partial charge in [0.05, 0.1) is 6.17 Å². The Bertz CT molecular complexity index is 42.1. The molecular weight excluding hydrogens is 96.1 g/mol. The molecule has 1 saturated heterocycles. The van der Waals surface area contributed by atoms with E-state index in [2.05, 4.69) is 4.72 Å². The van der Waals surface area contributed by atoms with Gasteiger partial charge >= 0.3 is 0 Å². The van der Waals surface area contributed by atoms with Gasteiger partial charge in [0.1, 0.15) is 0 Å². The fraction of sp³-hybridized carbons (Fsp3) is 1.00. The van der Waals surface area contributed by atoms with Gasteiger partial charge in [-0.15, -0.1) is 0 Å². The lowest BCUT2D eigenvalue weighted by molar-refractivity contribution is 0.675. The van der Waals surface area contributed by atoms with E-state index >= 15 is 0 Å². The highest BCUT2D eigenvalue weighted by Crippen LogP contribution is 2.06. The molecule has 1 fully saturated rings. The molecule has 3 N–H and O–H groups in total. The standard InChI is InChI=1S/C3H8N2S/c4-3-1-2-6-5-3/h3,5H,1-2,4H2. The smallest absolute Gasteiger partial charge is 0.0650 e. The highest BCUT2D eigenvalue weighted by molar-refractivity contribution is 7.97. The topological polar surface area (TPSA) is 38.0 Å². The van der Waals surface area contributed by atoms with Crippen molar-refractivity contribution in [3.8, 4) is 0 Å². The van der Waals surface area contributed by atoms with Crippen molar-refractivity contribution in [1.82, 2.24) is 4.72 Å². The Morgan fingerprint density at radius 3 is 2.83 bits per heavy atom. The summed E-state index contributed by atoms with van der Waals surface area (Å²) in [6.45, 7) is 0. The molecule has 0 bridgehead atoms. The molecule has 0 radical (unpaired) electrons. The van der Waals surface area contributed by atoms with Crippen LogP contribution in [0.1, 0.15) is 6.42 Å². The highest BCUT2D eigenvalue weighted by Gasteiger charge is 2.06. The molecule has 1 aliphatic rings. The molecule has 1 unspecified atom stereocenters. The van der Waals surface area contributed by atoms with Gasteiger partial charge in [0.15, 0.2) is 0 Å². The monoisotopic (exact) mass is 104 g/mol. The minimum Gasteiger partial charge on any atom is -0.315 e. The molecule has 0 aromatic carbocycles. The molecule has 6 heavy (non-hydrogen) atoms. The summed E-state index contributed by atoms with van der Waals surface area (Å²) in [7, 11) is 0. The molecule has 0 aliphatic carbocycles. The van der Waals surface area contributed by atoms with Gasteiger partial charge in [0.2, 0.25) is 0 Å². The summed E-state index contributed by atoms with van der Waals surface area (Å²) < 4.78 is 3.01. The highest BCUT2D eigenvalue weighted by atomic mass is 32.2. The van der Waals surface area contributed by atoms with E-state index in [1.807, 2.05) is 0 Å². The minimum absolute atomic E-state index is 0.259. The first-order chi connectivity index (χ1) is 2.89. The van der Waals surface area contributed by atoms with Crippen LogP contribution in [0.4, 0.5) is 0 Å². The van der Waals surface area contributed by atoms with Crippen LogP contribution in [-0.4, -0.2) is 11.9 Å². The molecule has 2 nitrogen and oxygen atoms in total. The van der Waals surface area contributed by atoms with E-state index in [1.54, 1.807) is 11.9 Å². The summed E-state index contributed by atoms with van der Waals surface area (Å²) in [5.41, 5.74) is 5.40. The maximum Gasteiger partial charge on any atom is 0.0650 e. The van der Waals surface area contributed by atoms with Crippen LogP contribution in [0.3, 0.4) is 0 Å². The van der Waals surface area contributed by atoms with Crippen LogP contribution in [0.25, 0.3) is 0 Å². The van der Waals surface area contributed by atoms with Crippen molar-refractivity contribution in [1.29, 1.82) is 0 Å². The molecule has 1 rings (SSSR count). The predicted octanol–water partition coefficient (Wildman–Crippen LogP) is -0.0873. The van der Waals surface area contributed by atoms with Crippen LogP contribution in [0.2, 0.25) is 0 Å². The van der Waals surface area contributed by atoms with E-state index in [0.29, 0.717) is 0 Å². The Balaban J connectivity index is 2.18. The normalized spacial score (nSPS) is 34.5. The van der Waals surface area contributed by atoms with Crippen LogP contribution < -0.4 is 10.5 Å². The van der Waals surface area contributed by atoms with Gasteiger partial charge in [-0.25, -0.2) is 4.72 Å². The van der Waals surface area contributed by atoms with Crippen molar-refractivity contribution in [3.63, 3.8) is 0 Å². The number of rotatable bonds is 0. The van der Waals surface area contributed by atoms with Gasteiger partial charge in [0, 0.05) is 5.75 Å². The molecule has 1 heterocycles. The van der Waals surface area contributed by atoms with Gasteiger partial charge in [-0.05, 0) is 6.42 Å². The third kappa shape index (κ3) is 0.864. The second-order valence-electron chi connectivity index (χ2n) is 1.36. The molecule has 0 spiro atoms. The van der Waals surface area contributed by atoms with Gasteiger partial charge in [0.25, 0.3) is 0 Å². The Labute approximate surface area is 41.6 Å². The molecule has 1 aliphatic heterocycles. The van der Waals surface area contributed by atoms with Crippen LogP contribution in [0.5, 0.6) is 0 Å². The fourth-order valence-electron chi connectivity index (χ4n) is 0.411. The van der Waals surface area contributed by atoms with Crippen LogP contribution >= 0.6 is 11.9 Å². The summed E-state index contributed by atoms with van der Waals surface area (Å²) in [6, 6.07) is 0. The second-order valence-corrected chi connectivity index (χ2v) is 2.29. The summed E-state index contributed by atoms with van der Waals surface area (Å²) in [5, 5.41) is 0. The lowest BCUT2D eigenvalue weighted by Crippen LogP contribution is -2.26. The minimum atomic E-state index is 0.259. The van der Waals surface area contributed by atoms with E-state index in [4.69, 9.17) is 5.73 Å². The molecule has 0 aromatic rings. The van der Waals surface area contributed by atoms with E-state index in [-0.39, 0.29) is 6.17 Å². The maximum atomic E-state index is 5.40. The SMILES string of the molecule is NC1CCSN1. The van der Waals surface area contributed by atoms with E-state index < -0.39 is 0 Å². The van der Waals surface area contributed by atoms with Crippen LogP contribution in [-0.2, 0) is 0 Å². The quantitative estimate of drug-likeness (QED) is 0.422. The first-order valence-corrected chi connectivity index (χ1v) is 3.01. The van der Waals surface area contributed by atoms with Gasteiger partial charge < -0.3 is 5.73 Å². The van der Waals surface area contributed by atoms with Crippen molar-refractivity contribution in [2.75, 3.05) is 5.75 Å². The van der Waals surface area contributed by atoms with Crippen molar-refractivity contribution in [3.05, 3.63) is 0 Å². The Morgan fingerprint density at radius 2 is 2.67 bits per heavy atom. The molecule has 1 atom stereocenters. The predicted molar refractivity (Wildman–Crippen MR) is 28.2 cm³/mol. The fourth-order valence-corrected chi connectivity index (χ4v) is 1.23. The number of hydrogen-bond acceptors (Lipinski definition) is 3. The van der Waals surface area contributed by atoms with Crippen molar-refractivity contribution in [2.45, 2.75) is 12.6 Å². The van der Waals surface area contributed by atoms with E-state index in [1.165, 1.54) is 5.75 Å².